The standard InChI is InChI=1S/C17H20N2O/c1-3-14(2)17(20)18-16-11-7-8-12-19(16)13-15-9-5-4-6-10-15/h4-12,14H,3,13H2,1-2H3. The molecular weight excluding hydrogens is 248 g/mol. The minimum atomic E-state index is -0.0551. The molecular formula is C17H20N2O. The van der Waals surface area contributed by atoms with Crippen LogP contribution in [0.5, 0.6) is 0 Å². The van der Waals surface area contributed by atoms with Crippen LogP contribution in [-0.2, 0) is 11.3 Å². The number of amides is 1. The molecule has 0 N–H and O–H groups in total. The Morgan fingerprint density at radius 3 is 2.55 bits per heavy atom. The SMILES string of the molecule is CCC(C)C(=O)N=c1ccccn1Cc1ccccc1. The summed E-state index contributed by atoms with van der Waals surface area (Å²) in [5.74, 6) is -0.0825. The lowest BCUT2D eigenvalue weighted by atomic mass is 10.1. The largest absolute Gasteiger partial charge is 0.328 e. The fraction of sp³-hybridized carbons (Fsp3) is 0.294. The van der Waals surface area contributed by atoms with Gasteiger partial charge in [-0.1, -0.05) is 50.2 Å². The first-order chi connectivity index (χ1) is 9.70. The Balaban J connectivity index is 2.31. The van der Waals surface area contributed by atoms with Crippen molar-refractivity contribution >= 4 is 5.91 Å². The lowest BCUT2D eigenvalue weighted by Crippen LogP contribution is -2.23. The first-order valence-corrected chi connectivity index (χ1v) is 6.98. The lowest BCUT2D eigenvalue weighted by Gasteiger charge is -2.08. The smallest absolute Gasteiger partial charge is 0.250 e. The fourth-order valence-electron chi connectivity index (χ4n) is 1.88. The van der Waals surface area contributed by atoms with Gasteiger partial charge in [0.15, 0.2) is 0 Å². The van der Waals surface area contributed by atoms with E-state index in [0.29, 0.717) is 12.0 Å². The number of rotatable bonds is 4. The number of pyridine rings is 1. The van der Waals surface area contributed by atoms with E-state index in [0.717, 1.165) is 6.42 Å². The van der Waals surface area contributed by atoms with Crippen LogP contribution in [-0.4, -0.2) is 10.5 Å². The summed E-state index contributed by atoms with van der Waals surface area (Å²) in [7, 11) is 0. The van der Waals surface area contributed by atoms with Gasteiger partial charge in [0, 0.05) is 18.7 Å². The molecule has 0 aliphatic carbocycles. The van der Waals surface area contributed by atoms with Gasteiger partial charge < -0.3 is 4.57 Å². The van der Waals surface area contributed by atoms with E-state index in [1.807, 2.05) is 61.0 Å². The summed E-state index contributed by atoms with van der Waals surface area (Å²) in [6, 6.07) is 15.9. The van der Waals surface area contributed by atoms with Crippen LogP contribution in [0.2, 0.25) is 0 Å². The van der Waals surface area contributed by atoms with E-state index in [2.05, 4.69) is 17.1 Å². The number of carbonyl (C=O) groups excluding carboxylic acids is 1. The molecule has 20 heavy (non-hydrogen) atoms. The number of carbonyl (C=O) groups is 1. The molecule has 3 heteroatoms. The summed E-state index contributed by atoms with van der Waals surface area (Å²) in [5.41, 5.74) is 1.90. The van der Waals surface area contributed by atoms with Crippen molar-refractivity contribution in [3.63, 3.8) is 0 Å². The molecule has 1 unspecified atom stereocenters. The summed E-state index contributed by atoms with van der Waals surface area (Å²) < 4.78 is 2.00. The first kappa shape index (κ1) is 14.3. The monoisotopic (exact) mass is 268 g/mol. The van der Waals surface area contributed by atoms with Crippen LogP contribution in [0.15, 0.2) is 59.7 Å². The summed E-state index contributed by atoms with van der Waals surface area (Å²) >= 11 is 0. The molecule has 0 fully saturated rings. The highest BCUT2D eigenvalue weighted by molar-refractivity contribution is 5.79. The molecule has 0 saturated carbocycles. The summed E-state index contributed by atoms with van der Waals surface area (Å²) in [6.45, 7) is 4.63. The van der Waals surface area contributed by atoms with Crippen LogP contribution >= 0.6 is 0 Å². The van der Waals surface area contributed by atoms with Gasteiger partial charge in [-0.2, -0.15) is 4.99 Å². The van der Waals surface area contributed by atoms with Crippen molar-refractivity contribution in [2.75, 3.05) is 0 Å². The zero-order chi connectivity index (χ0) is 14.4. The maximum Gasteiger partial charge on any atom is 0.250 e. The zero-order valence-corrected chi connectivity index (χ0v) is 12.0. The van der Waals surface area contributed by atoms with E-state index in [4.69, 9.17) is 0 Å². The van der Waals surface area contributed by atoms with Gasteiger partial charge in [0.1, 0.15) is 5.49 Å². The van der Waals surface area contributed by atoms with Crippen molar-refractivity contribution in [3.8, 4) is 0 Å². The van der Waals surface area contributed by atoms with Crippen LogP contribution in [0.25, 0.3) is 0 Å². The number of aromatic nitrogens is 1. The Kier molecular flexibility index (Phi) is 4.88. The third-order valence-corrected chi connectivity index (χ3v) is 3.37. The maximum absolute atomic E-state index is 12.0. The minimum Gasteiger partial charge on any atom is -0.328 e. The van der Waals surface area contributed by atoms with Crippen LogP contribution < -0.4 is 5.49 Å². The van der Waals surface area contributed by atoms with Crippen molar-refractivity contribution in [1.82, 2.24) is 4.57 Å². The highest BCUT2D eigenvalue weighted by Crippen LogP contribution is 2.03. The van der Waals surface area contributed by atoms with Crippen molar-refractivity contribution in [2.45, 2.75) is 26.8 Å². The molecule has 0 aliphatic rings. The molecule has 3 nitrogen and oxygen atoms in total. The Morgan fingerprint density at radius 1 is 1.15 bits per heavy atom. The highest BCUT2D eigenvalue weighted by Gasteiger charge is 2.08. The van der Waals surface area contributed by atoms with Crippen LogP contribution in [0.4, 0.5) is 0 Å². The molecule has 104 valence electrons. The number of benzene rings is 1. The molecule has 1 atom stereocenters. The highest BCUT2D eigenvalue weighted by atomic mass is 16.1. The molecule has 2 aromatic rings. The molecule has 0 aliphatic heterocycles. The third kappa shape index (κ3) is 3.67. The van der Waals surface area contributed by atoms with Crippen LogP contribution in [0.1, 0.15) is 25.8 Å². The van der Waals surface area contributed by atoms with E-state index >= 15 is 0 Å². The molecule has 1 heterocycles. The minimum absolute atomic E-state index is 0.0274. The fourth-order valence-corrected chi connectivity index (χ4v) is 1.88. The van der Waals surface area contributed by atoms with Crippen molar-refractivity contribution < 1.29 is 4.79 Å². The van der Waals surface area contributed by atoms with E-state index in [-0.39, 0.29) is 11.8 Å². The molecule has 0 saturated heterocycles. The Hall–Kier alpha value is -2.16. The van der Waals surface area contributed by atoms with Gasteiger partial charge in [-0.05, 0) is 24.1 Å². The lowest BCUT2D eigenvalue weighted by molar-refractivity contribution is -0.121. The predicted molar refractivity (Wildman–Crippen MR) is 80.0 cm³/mol. The molecule has 0 radical (unpaired) electrons. The van der Waals surface area contributed by atoms with Crippen molar-refractivity contribution in [2.24, 2.45) is 10.9 Å². The number of hydrogen-bond donors (Lipinski definition) is 0. The number of hydrogen-bond acceptors (Lipinski definition) is 1. The van der Waals surface area contributed by atoms with Gasteiger partial charge in [-0.25, -0.2) is 0 Å². The zero-order valence-electron chi connectivity index (χ0n) is 12.0. The maximum atomic E-state index is 12.0. The molecule has 1 amide bonds. The van der Waals surface area contributed by atoms with Gasteiger partial charge in [0.2, 0.25) is 5.91 Å². The normalized spacial score (nSPS) is 13.2. The van der Waals surface area contributed by atoms with Gasteiger partial charge in [-0.3, -0.25) is 4.79 Å². The molecule has 0 bridgehead atoms. The van der Waals surface area contributed by atoms with E-state index in [9.17, 15) is 4.79 Å². The molecule has 1 aromatic heterocycles. The van der Waals surface area contributed by atoms with Crippen LogP contribution in [0.3, 0.4) is 0 Å². The molecule has 1 aromatic carbocycles. The summed E-state index contributed by atoms with van der Waals surface area (Å²) in [4.78, 5) is 16.2. The second-order valence-corrected chi connectivity index (χ2v) is 4.93. The topological polar surface area (TPSA) is 34.4 Å². The van der Waals surface area contributed by atoms with Crippen molar-refractivity contribution in [3.05, 3.63) is 65.8 Å². The molecule has 2 rings (SSSR count). The summed E-state index contributed by atoms with van der Waals surface area (Å²) in [5, 5.41) is 0. The second kappa shape index (κ2) is 6.85. The third-order valence-electron chi connectivity index (χ3n) is 3.37. The van der Waals surface area contributed by atoms with Gasteiger partial charge >= 0.3 is 0 Å². The van der Waals surface area contributed by atoms with Gasteiger partial charge in [0.25, 0.3) is 0 Å². The Labute approximate surface area is 119 Å². The first-order valence-electron chi connectivity index (χ1n) is 6.98. The average molecular weight is 268 g/mol. The Morgan fingerprint density at radius 2 is 1.85 bits per heavy atom. The second-order valence-electron chi connectivity index (χ2n) is 4.93. The predicted octanol–water partition coefficient (Wildman–Crippen LogP) is 3.01. The summed E-state index contributed by atoms with van der Waals surface area (Å²) in [6.07, 6.45) is 2.77. The Bertz CT molecular complexity index is 629. The van der Waals surface area contributed by atoms with Crippen molar-refractivity contribution in [1.29, 1.82) is 0 Å². The quantitative estimate of drug-likeness (QED) is 0.839. The van der Waals surface area contributed by atoms with E-state index in [1.165, 1.54) is 5.56 Å². The number of nitrogens with zero attached hydrogens (tertiary/aromatic N) is 2. The van der Waals surface area contributed by atoms with E-state index < -0.39 is 0 Å². The molecule has 0 spiro atoms. The van der Waals surface area contributed by atoms with Crippen LogP contribution in [0, 0.1) is 5.92 Å². The van der Waals surface area contributed by atoms with Gasteiger partial charge in [-0.15, -0.1) is 0 Å². The van der Waals surface area contributed by atoms with Gasteiger partial charge in [0.05, 0.1) is 0 Å². The average Bonchev–Trinajstić information content (AvgIpc) is 2.49. The van der Waals surface area contributed by atoms with E-state index in [1.54, 1.807) is 0 Å².